The molecule has 0 spiro atoms. The predicted octanol–water partition coefficient (Wildman–Crippen LogP) is 1.54. The van der Waals surface area contributed by atoms with E-state index in [1.807, 2.05) is 6.07 Å². The van der Waals surface area contributed by atoms with Crippen LogP contribution in [0.15, 0.2) is 48.5 Å². The number of rotatable bonds is 8. The van der Waals surface area contributed by atoms with Crippen molar-refractivity contribution in [2.75, 3.05) is 24.7 Å². The molecule has 0 heterocycles. The summed E-state index contributed by atoms with van der Waals surface area (Å²) in [7, 11) is -2.01. The SMILES string of the molecule is COc1cccc(CNC(=O)COC(=O)c2ccccc2NS(C)(=O)=O)c1. The summed E-state index contributed by atoms with van der Waals surface area (Å²) in [6.45, 7) is -0.240. The van der Waals surface area contributed by atoms with Gasteiger partial charge in [0.2, 0.25) is 10.0 Å². The van der Waals surface area contributed by atoms with E-state index in [1.165, 1.54) is 12.1 Å². The highest BCUT2D eigenvalue weighted by Crippen LogP contribution is 2.17. The Morgan fingerprint density at radius 2 is 1.81 bits per heavy atom. The van der Waals surface area contributed by atoms with E-state index in [4.69, 9.17) is 9.47 Å². The lowest BCUT2D eigenvalue weighted by Gasteiger charge is -2.11. The van der Waals surface area contributed by atoms with Crippen molar-refractivity contribution in [1.82, 2.24) is 5.32 Å². The molecule has 0 saturated heterocycles. The van der Waals surface area contributed by atoms with Gasteiger partial charge in [0.25, 0.3) is 5.91 Å². The number of benzene rings is 2. The Hall–Kier alpha value is -3.07. The largest absolute Gasteiger partial charge is 0.497 e. The van der Waals surface area contributed by atoms with Crippen LogP contribution >= 0.6 is 0 Å². The summed E-state index contributed by atoms with van der Waals surface area (Å²) in [5.74, 6) is -0.624. The Kier molecular flexibility index (Phi) is 6.78. The molecule has 0 aliphatic heterocycles. The van der Waals surface area contributed by atoms with E-state index in [1.54, 1.807) is 37.4 Å². The van der Waals surface area contributed by atoms with E-state index in [9.17, 15) is 18.0 Å². The number of hydrogen-bond donors (Lipinski definition) is 2. The molecule has 0 aromatic heterocycles. The average molecular weight is 392 g/mol. The molecule has 0 radical (unpaired) electrons. The van der Waals surface area contributed by atoms with Gasteiger partial charge in [0.15, 0.2) is 6.61 Å². The van der Waals surface area contributed by atoms with E-state index < -0.39 is 28.5 Å². The fourth-order valence-electron chi connectivity index (χ4n) is 2.19. The molecule has 0 bridgehead atoms. The molecule has 2 aromatic rings. The van der Waals surface area contributed by atoms with Gasteiger partial charge in [-0.15, -0.1) is 0 Å². The smallest absolute Gasteiger partial charge is 0.340 e. The van der Waals surface area contributed by atoms with Crippen molar-refractivity contribution >= 4 is 27.6 Å². The van der Waals surface area contributed by atoms with Gasteiger partial charge in [0, 0.05) is 6.54 Å². The second-order valence-corrected chi connectivity index (χ2v) is 7.37. The molecule has 0 atom stereocenters. The van der Waals surface area contributed by atoms with E-state index >= 15 is 0 Å². The molecule has 0 unspecified atom stereocenters. The van der Waals surface area contributed by atoms with E-state index in [0.717, 1.165) is 11.8 Å². The summed E-state index contributed by atoms with van der Waals surface area (Å²) in [4.78, 5) is 24.0. The molecule has 2 N–H and O–H groups in total. The quantitative estimate of drug-likeness (QED) is 0.660. The molecule has 8 nitrogen and oxygen atoms in total. The van der Waals surface area contributed by atoms with Crippen LogP contribution in [0.25, 0.3) is 0 Å². The number of amides is 1. The first-order valence-electron chi connectivity index (χ1n) is 7.92. The van der Waals surface area contributed by atoms with Crippen LogP contribution in [0.1, 0.15) is 15.9 Å². The molecular weight excluding hydrogens is 372 g/mol. The summed E-state index contributed by atoms with van der Waals surface area (Å²) in [5, 5.41) is 2.63. The Morgan fingerprint density at radius 1 is 1.07 bits per heavy atom. The van der Waals surface area contributed by atoms with Gasteiger partial charge in [-0.2, -0.15) is 0 Å². The Labute approximate surface area is 157 Å². The second-order valence-electron chi connectivity index (χ2n) is 5.62. The minimum absolute atomic E-state index is 0.0171. The molecule has 0 saturated carbocycles. The van der Waals surface area contributed by atoms with Crippen molar-refractivity contribution < 1.29 is 27.5 Å². The van der Waals surface area contributed by atoms with Crippen LogP contribution in [-0.4, -0.2) is 40.3 Å². The van der Waals surface area contributed by atoms with E-state index in [-0.39, 0.29) is 17.8 Å². The zero-order valence-corrected chi connectivity index (χ0v) is 15.7. The maximum absolute atomic E-state index is 12.2. The molecule has 9 heteroatoms. The number of nitrogens with one attached hydrogen (secondary N) is 2. The molecule has 2 aromatic carbocycles. The summed E-state index contributed by atoms with van der Waals surface area (Å²) < 4.78 is 35.0. The molecule has 0 aliphatic rings. The summed E-state index contributed by atoms with van der Waals surface area (Å²) in [5.41, 5.74) is 0.932. The van der Waals surface area contributed by atoms with Gasteiger partial charge < -0.3 is 14.8 Å². The van der Waals surface area contributed by atoms with Crippen LogP contribution in [0.4, 0.5) is 5.69 Å². The summed E-state index contributed by atoms with van der Waals surface area (Å²) in [6, 6.07) is 13.2. The molecule has 0 fully saturated rings. The van der Waals surface area contributed by atoms with E-state index in [2.05, 4.69) is 10.0 Å². The first kappa shape index (κ1) is 20.2. The third kappa shape index (κ3) is 6.63. The van der Waals surface area contributed by atoms with Gasteiger partial charge in [0.1, 0.15) is 5.75 Å². The van der Waals surface area contributed by atoms with E-state index in [0.29, 0.717) is 5.75 Å². The first-order chi connectivity index (χ1) is 12.8. The number of sulfonamides is 1. The highest BCUT2D eigenvalue weighted by molar-refractivity contribution is 7.92. The summed E-state index contributed by atoms with van der Waals surface area (Å²) >= 11 is 0. The lowest BCUT2D eigenvalue weighted by Crippen LogP contribution is -2.28. The van der Waals surface area contributed by atoms with Crippen molar-refractivity contribution in [1.29, 1.82) is 0 Å². The third-order valence-corrected chi connectivity index (χ3v) is 3.99. The molecular formula is C18H20N2O6S. The van der Waals surface area contributed by atoms with Gasteiger partial charge in [0.05, 0.1) is 24.6 Å². The Bertz CT molecular complexity index is 927. The molecule has 2 rings (SSSR count). The standard InChI is InChI=1S/C18H20N2O6S/c1-25-14-7-5-6-13(10-14)11-19-17(21)12-26-18(22)15-8-3-4-9-16(15)20-27(2,23)24/h3-10,20H,11-12H2,1-2H3,(H,19,21). The Balaban J connectivity index is 1.90. The number of carbonyl (C=O) groups is 2. The van der Waals surface area contributed by atoms with Gasteiger partial charge >= 0.3 is 5.97 Å². The summed E-state index contributed by atoms with van der Waals surface area (Å²) in [6.07, 6.45) is 0.973. The zero-order valence-electron chi connectivity index (χ0n) is 14.9. The van der Waals surface area contributed by atoms with Crippen molar-refractivity contribution in [3.05, 3.63) is 59.7 Å². The molecule has 0 aliphatic carbocycles. The van der Waals surface area contributed by atoms with Crippen LogP contribution in [0.5, 0.6) is 5.75 Å². The lowest BCUT2D eigenvalue weighted by atomic mass is 10.2. The highest BCUT2D eigenvalue weighted by Gasteiger charge is 2.16. The van der Waals surface area contributed by atoms with Crippen LogP contribution in [0, 0.1) is 0 Å². The third-order valence-electron chi connectivity index (χ3n) is 3.40. The molecule has 1 amide bonds. The fraction of sp³-hybridized carbons (Fsp3) is 0.222. The molecule has 27 heavy (non-hydrogen) atoms. The van der Waals surface area contributed by atoms with Crippen LogP contribution in [-0.2, 0) is 26.1 Å². The number of methoxy groups -OCH3 is 1. The Morgan fingerprint density at radius 3 is 2.52 bits per heavy atom. The topological polar surface area (TPSA) is 111 Å². The maximum atomic E-state index is 12.2. The minimum Gasteiger partial charge on any atom is -0.497 e. The second kappa shape index (κ2) is 9.04. The molecule has 144 valence electrons. The van der Waals surface area contributed by atoms with Gasteiger partial charge in [-0.25, -0.2) is 13.2 Å². The monoisotopic (exact) mass is 392 g/mol. The number of ether oxygens (including phenoxy) is 2. The van der Waals surface area contributed by atoms with Gasteiger partial charge in [-0.1, -0.05) is 24.3 Å². The number of hydrogen-bond acceptors (Lipinski definition) is 6. The van der Waals surface area contributed by atoms with Crippen LogP contribution in [0.2, 0.25) is 0 Å². The minimum atomic E-state index is -3.56. The van der Waals surface area contributed by atoms with Crippen LogP contribution < -0.4 is 14.8 Å². The number of esters is 1. The van der Waals surface area contributed by atoms with Crippen LogP contribution in [0.3, 0.4) is 0 Å². The zero-order chi connectivity index (χ0) is 19.9. The van der Waals surface area contributed by atoms with Gasteiger partial charge in [-0.05, 0) is 29.8 Å². The number of anilines is 1. The van der Waals surface area contributed by atoms with Crippen molar-refractivity contribution in [2.45, 2.75) is 6.54 Å². The van der Waals surface area contributed by atoms with Crippen molar-refractivity contribution in [2.24, 2.45) is 0 Å². The predicted molar refractivity (Wildman–Crippen MR) is 100 cm³/mol. The first-order valence-corrected chi connectivity index (χ1v) is 9.81. The average Bonchev–Trinajstić information content (AvgIpc) is 2.63. The van der Waals surface area contributed by atoms with Crippen molar-refractivity contribution in [3.8, 4) is 5.75 Å². The van der Waals surface area contributed by atoms with Gasteiger partial charge in [-0.3, -0.25) is 9.52 Å². The number of para-hydroxylation sites is 1. The lowest BCUT2D eigenvalue weighted by molar-refractivity contribution is -0.124. The maximum Gasteiger partial charge on any atom is 0.340 e. The normalized spacial score (nSPS) is 10.7. The number of carbonyl (C=O) groups excluding carboxylic acids is 2. The van der Waals surface area contributed by atoms with Crippen molar-refractivity contribution in [3.63, 3.8) is 0 Å². The highest BCUT2D eigenvalue weighted by atomic mass is 32.2. The fourth-order valence-corrected chi connectivity index (χ4v) is 2.77.